The highest BCUT2D eigenvalue weighted by Gasteiger charge is 2.21. The van der Waals surface area contributed by atoms with Gasteiger partial charge in [-0.25, -0.2) is 4.98 Å². The lowest BCUT2D eigenvalue weighted by molar-refractivity contribution is -0.117. The lowest BCUT2D eigenvalue weighted by atomic mass is 10.2. The topological polar surface area (TPSA) is 74.3 Å². The lowest BCUT2D eigenvalue weighted by Crippen LogP contribution is -2.41. The normalized spacial score (nSPS) is 15.7. The second-order valence-corrected chi connectivity index (χ2v) is 7.57. The first-order valence-electron chi connectivity index (χ1n) is 7.35. The van der Waals surface area contributed by atoms with Gasteiger partial charge < -0.3 is 15.5 Å². The van der Waals surface area contributed by atoms with Crippen molar-refractivity contribution in [1.82, 2.24) is 15.2 Å². The first kappa shape index (κ1) is 16.1. The molecule has 8 heteroatoms. The SMILES string of the molecule is CC(NC(=O)c1cccs1)C(=O)Nc1nc2c(s1)CN(C)CC2. The number of carbonyl (C=O) groups is 2. The Morgan fingerprint density at radius 3 is 3.00 bits per heavy atom. The molecule has 0 aromatic carbocycles. The van der Waals surface area contributed by atoms with E-state index in [0.717, 1.165) is 25.2 Å². The lowest BCUT2D eigenvalue weighted by Gasteiger charge is -2.20. The number of nitrogens with one attached hydrogen (secondary N) is 2. The summed E-state index contributed by atoms with van der Waals surface area (Å²) in [5, 5.41) is 7.94. The number of anilines is 1. The smallest absolute Gasteiger partial charge is 0.261 e. The molecule has 1 unspecified atom stereocenters. The van der Waals surface area contributed by atoms with E-state index in [9.17, 15) is 9.59 Å². The largest absolute Gasteiger partial charge is 0.340 e. The maximum atomic E-state index is 12.2. The van der Waals surface area contributed by atoms with Crippen molar-refractivity contribution in [3.63, 3.8) is 0 Å². The molecule has 2 amide bonds. The van der Waals surface area contributed by atoms with Gasteiger partial charge in [0.1, 0.15) is 6.04 Å². The molecule has 6 nitrogen and oxygen atoms in total. The monoisotopic (exact) mass is 350 g/mol. The summed E-state index contributed by atoms with van der Waals surface area (Å²) >= 11 is 2.85. The molecular weight excluding hydrogens is 332 g/mol. The van der Waals surface area contributed by atoms with Crippen molar-refractivity contribution in [3.8, 4) is 0 Å². The first-order chi connectivity index (χ1) is 11.0. The predicted octanol–water partition coefficient (Wildman–Crippen LogP) is 1.95. The molecule has 0 spiro atoms. The van der Waals surface area contributed by atoms with Crippen molar-refractivity contribution >= 4 is 39.6 Å². The quantitative estimate of drug-likeness (QED) is 0.884. The van der Waals surface area contributed by atoms with Gasteiger partial charge in [0, 0.05) is 24.4 Å². The number of thiophene rings is 1. The standard InChI is InChI=1S/C15H18N4O2S2/c1-9(16-14(21)11-4-3-7-22-11)13(20)18-15-17-10-5-6-19(2)8-12(10)23-15/h3-4,7,9H,5-6,8H2,1-2H3,(H,16,21)(H,17,18,20). The van der Waals surface area contributed by atoms with E-state index in [2.05, 4.69) is 27.6 Å². The average Bonchev–Trinajstić information content (AvgIpc) is 3.15. The van der Waals surface area contributed by atoms with E-state index >= 15 is 0 Å². The Hall–Kier alpha value is -1.77. The third-order valence-corrected chi connectivity index (χ3v) is 5.50. The van der Waals surface area contributed by atoms with E-state index in [1.165, 1.54) is 27.6 Å². The van der Waals surface area contributed by atoms with Crippen LogP contribution >= 0.6 is 22.7 Å². The van der Waals surface area contributed by atoms with Crippen molar-refractivity contribution < 1.29 is 9.59 Å². The average molecular weight is 350 g/mol. The van der Waals surface area contributed by atoms with Crippen LogP contribution in [0.1, 0.15) is 27.2 Å². The van der Waals surface area contributed by atoms with Gasteiger partial charge in [0.25, 0.3) is 5.91 Å². The summed E-state index contributed by atoms with van der Waals surface area (Å²) in [7, 11) is 2.07. The van der Waals surface area contributed by atoms with Crippen LogP contribution < -0.4 is 10.6 Å². The third kappa shape index (κ3) is 3.77. The number of amides is 2. The fourth-order valence-electron chi connectivity index (χ4n) is 2.33. The Labute approximate surface area is 142 Å². The number of nitrogens with zero attached hydrogens (tertiary/aromatic N) is 2. The number of thiazole rings is 1. The van der Waals surface area contributed by atoms with Crippen LogP contribution in [-0.2, 0) is 17.8 Å². The minimum absolute atomic E-state index is 0.234. The fraction of sp³-hybridized carbons (Fsp3) is 0.400. The summed E-state index contributed by atoms with van der Waals surface area (Å²) in [5.41, 5.74) is 1.07. The summed E-state index contributed by atoms with van der Waals surface area (Å²) in [4.78, 5) is 32.7. The number of rotatable bonds is 4. The zero-order chi connectivity index (χ0) is 16.4. The molecule has 1 aliphatic heterocycles. The van der Waals surface area contributed by atoms with Crippen LogP contribution in [0.5, 0.6) is 0 Å². The predicted molar refractivity (Wildman–Crippen MR) is 92.0 cm³/mol. The maximum absolute atomic E-state index is 12.2. The summed E-state index contributed by atoms with van der Waals surface area (Å²) in [6, 6.07) is 2.92. The van der Waals surface area contributed by atoms with Gasteiger partial charge in [0.2, 0.25) is 5.91 Å². The molecule has 0 bridgehead atoms. The van der Waals surface area contributed by atoms with Gasteiger partial charge in [-0.05, 0) is 25.4 Å². The zero-order valence-corrected chi connectivity index (χ0v) is 14.6. The van der Waals surface area contributed by atoms with E-state index in [4.69, 9.17) is 0 Å². The number of hydrogen-bond donors (Lipinski definition) is 2. The Morgan fingerprint density at radius 1 is 1.43 bits per heavy atom. The molecule has 1 atom stereocenters. The van der Waals surface area contributed by atoms with Gasteiger partial charge in [-0.1, -0.05) is 6.07 Å². The van der Waals surface area contributed by atoms with Crippen molar-refractivity contribution in [3.05, 3.63) is 33.0 Å². The number of aromatic nitrogens is 1. The van der Waals surface area contributed by atoms with Crippen molar-refractivity contribution in [1.29, 1.82) is 0 Å². The summed E-state index contributed by atoms with van der Waals surface area (Å²) < 4.78 is 0. The summed E-state index contributed by atoms with van der Waals surface area (Å²) in [6.07, 6.45) is 0.906. The number of hydrogen-bond acceptors (Lipinski definition) is 6. The molecule has 0 fully saturated rings. The Kier molecular flexibility index (Phi) is 4.74. The maximum Gasteiger partial charge on any atom is 0.261 e. The molecule has 0 saturated heterocycles. The Bertz CT molecular complexity index is 711. The molecular formula is C15H18N4O2S2. The van der Waals surface area contributed by atoms with Gasteiger partial charge in [-0.15, -0.1) is 22.7 Å². The highest BCUT2D eigenvalue weighted by Crippen LogP contribution is 2.27. The van der Waals surface area contributed by atoms with Gasteiger partial charge in [0.15, 0.2) is 5.13 Å². The summed E-state index contributed by atoms with van der Waals surface area (Å²) in [5.74, 6) is -0.489. The molecule has 23 heavy (non-hydrogen) atoms. The van der Waals surface area contributed by atoms with E-state index in [1.54, 1.807) is 19.1 Å². The molecule has 3 heterocycles. The molecule has 2 aromatic rings. The van der Waals surface area contributed by atoms with Gasteiger partial charge in [0.05, 0.1) is 10.6 Å². The first-order valence-corrected chi connectivity index (χ1v) is 9.05. The molecule has 3 rings (SSSR count). The van der Waals surface area contributed by atoms with E-state index in [1.807, 2.05) is 5.38 Å². The molecule has 122 valence electrons. The van der Waals surface area contributed by atoms with Crippen LogP contribution in [0.2, 0.25) is 0 Å². The Morgan fingerprint density at radius 2 is 2.26 bits per heavy atom. The van der Waals surface area contributed by atoms with Crippen LogP contribution in [-0.4, -0.2) is 41.3 Å². The Balaban J connectivity index is 1.59. The second kappa shape index (κ2) is 6.77. The molecule has 2 N–H and O–H groups in total. The van der Waals surface area contributed by atoms with E-state index in [0.29, 0.717) is 10.0 Å². The number of fused-ring (bicyclic) bond motifs is 1. The third-order valence-electron chi connectivity index (χ3n) is 3.64. The van der Waals surface area contributed by atoms with E-state index < -0.39 is 6.04 Å². The highest BCUT2D eigenvalue weighted by atomic mass is 32.1. The van der Waals surface area contributed by atoms with Crippen molar-refractivity contribution in [2.75, 3.05) is 18.9 Å². The molecule has 1 aliphatic rings. The fourth-order valence-corrected chi connectivity index (χ4v) is 4.05. The minimum Gasteiger partial charge on any atom is -0.340 e. The molecule has 0 saturated carbocycles. The number of carbonyl (C=O) groups excluding carboxylic acids is 2. The van der Waals surface area contributed by atoms with Gasteiger partial charge >= 0.3 is 0 Å². The van der Waals surface area contributed by atoms with Gasteiger partial charge in [-0.2, -0.15) is 0 Å². The van der Waals surface area contributed by atoms with Gasteiger partial charge in [-0.3, -0.25) is 9.59 Å². The van der Waals surface area contributed by atoms with Crippen molar-refractivity contribution in [2.24, 2.45) is 0 Å². The number of likely N-dealkylation sites (N-methyl/N-ethyl adjacent to an activating group) is 1. The minimum atomic E-state index is -0.617. The molecule has 0 aliphatic carbocycles. The van der Waals surface area contributed by atoms with E-state index in [-0.39, 0.29) is 11.8 Å². The van der Waals surface area contributed by atoms with Crippen LogP contribution in [0.3, 0.4) is 0 Å². The molecule has 2 aromatic heterocycles. The van der Waals surface area contributed by atoms with Crippen LogP contribution in [0.15, 0.2) is 17.5 Å². The van der Waals surface area contributed by atoms with Crippen LogP contribution in [0.4, 0.5) is 5.13 Å². The molecule has 0 radical (unpaired) electrons. The highest BCUT2D eigenvalue weighted by molar-refractivity contribution is 7.15. The van der Waals surface area contributed by atoms with Crippen molar-refractivity contribution in [2.45, 2.75) is 25.9 Å². The zero-order valence-electron chi connectivity index (χ0n) is 13.0. The van der Waals surface area contributed by atoms with Crippen LogP contribution in [0, 0.1) is 0 Å². The van der Waals surface area contributed by atoms with Crippen LogP contribution in [0.25, 0.3) is 0 Å². The summed E-state index contributed by atoms with van der Waals surface area (Å²) in [6.45, 7) is 3.52. The second-order valence-electron chi connectivity index (χ2n) is 5.54.